The normalized spacial score (nSPS) is 21.5. The third-order valence-electron chi connectivity index (χ3n) is 4.67. The van der Waals surface area contributed by atoms with E-state index in [1.54, 1.807) is 0 Å². The Bertz CT molecular complexity index is 447. The van der Waals surface area contributed by atoms with Gasteiger partial charge in [-0.15, -0.1) is 0 Å². The molecule has 0 atom stereocenters. The number of ether oxygens (including phenoxy) is 1. The summed E-state index contributed by atoms with van der Waals surface area (Å²) in [6.45, 7) is 3.03. The lowest BCUT2D eigenvalue weighted by atomic mass is 9.79. The first kappa shape index (κ1) is 17.3. The molecule has 2 nitrogen and oxygen atoms in total. The van der Waals surface area contributed by atoms with Crippen molar-refractivity contribution in [2.45, 2.75) is 64.2 Å². The largest absolute Gasteiger partial charge is 0.494 e. The summed E-state index contributed by atoms with van der Waals surface area (Å²) in [4.78, 5) is 11.2. The van der Waals surface area contributed by atoms with Crippen molar-refractivity contribution in [1.82, 2.24) is 0 Å². The standard InChI is InChI=1S/C19H27ClO2/c1-2-3-4-5-14-22-18-12-10-16(11-13-18)15-6-8-17(9-7-15)19(20)21/h10-13,15,17H,2-9,14H2,1H3. The molecule has 1 aromatic carbocycles. The lowest BCUT2D eigenvalue weighted by molar-refractivity contribution is -0.116. The minimum absolute atomic E-state index is 0.0728. The molecule has 0 saturated heterocycles. The highest BCUT2D eigenvalue weighted by molar-refractivity contribution is 6.63. The minimum atomic E-state index is -0.162. The highest BCUT2D eigenvalue weighted by Crippen LogP contribution is 2.37. The van der Waals surface area contributed by atoms with E-state index >= 15 is 0 Å². The Morgan fingerprint density at radius 2 is 1.77 bits per heavy atom. The summed E-state index contributed by atoms with van der Waals surface area (Å²) in [5.41, 5.74) is 1.36. The van der Waals surface area contributed by atoms with Gasteiger partial charge in [-0.3, -0.25) is 4.79 Å². The van der Waals surface area contributed by atoms with Crippen LogP contribution in [0.25, 0.3) is 0 Å². The summed E-state index contributed by atoms with van der Waals surface area (Å²) in [7, 11) is 0. The van der Waals surface area contributed by atoms with Crippen molar-refractivity contribution in [2.24, 2.45) is 5.92 Å². The van der Waals surface area contributed by atoms with Crippen molar-refractivity contribution >= 4 is 16.8 Å². The van der Waals surface area contributed by atoms with E-state index < -0.39 is 0 Å². The quantitative estimate of drug-likeness (QED) is 0.454. The average molecular weight is 323 g/mol. The fourth-order valence-electron chi connectivity index (χ4n) is 3.21. The van der Waals surface area contributed by atoms with E-state index in [0.29, 0.717) is 5.92 Å². The predicted molar refractivity (Wildman–Crippen MR) is 91.6 cm³/mol. The van der Waals surface area contributed by atoms with E-state index in [2.05, 4.69) is 31.2 Å². The molecule has 1 aliphatic carbocycles. The summed E-state index contributed by atoms with van der Waals surface area (Å²) in [5.74, 6) is 1.60. The lowest BCUT2D eigenvalue weighted by Gasteiger charge is -2.26. The molecule has 0 radical (unpaired) electrons. The monoisotopic (exact) mass is 322 g/mol. The molecule has 0 unspecified atom stereocenters. The topological polar surface area (TPSA) is 26.3 Å². The zero-order valence-corrected chi connectivity index (χ0v) is 14.3. The third kappa shape index (κ3) is 5.31. The van der Waals surface area contributed by atoms with Gasteiger partial charge in [0.25, 0.3) is 0 Å². The molecule has 1 fully saturated rings. The van der Waals surface area contributed by atoms with Gasteiger partial charge in [-0.25, -0.2) is 0 Å². The Balaban J connectivity index is 1.76. The van der Waals surface area contributed by atoms with E-state index in [1.165, 1.54) is 24.8 Å². The van der Waals surface area contributed by atoms with Crippen molar-refractivity contribution in [1.29, 1.82) is 0 Å². The minimum Gasteiger partial charge on any atom is -0.494 e. The summed E-state index contributed by atoms with van der Waals surface area (Å²) in [5, 5.41) is -0.162. The number of hydrogen-bond acceptors (Lipinski definition) is 2. The first-order chi connectivity index (χ1) is 10.7. The molecule has 0 spiro atoms. The molecular formula is C19H27ClO2. The highest BCUT2D eigenvalue weighted by atomic mass is 35.5. The molecule has 2 rings (SSSR count). The van der Waals surface area contributed by atoms with Crippen molar-refractivity contribution in [3.05, 3.63) is 29.8 Å². The molecule has 1 aromatic rings. The van der Waals surface area contributed by atoms with Gasteiger partial charge < -0.3 is 4.74 Å². The summed E-state index contributed by atoms with van der Waals surface area (Å²) < 4.78 is 5.78. The third-order valence-corrected chi connectivity index (χ3v) is 4.97. The van der Waals surface area contributed by atoms with Gasteiger partial charge in [0.15, 0.2) is 0 Å². The second kappa shape index (κ2) is 9.19. The van der Waals surface area contributed by atoms with Gasteiger partial charge in [0.1, 0.15) is 5.75 Å². The first-order valence-electron chi connectivity index (χ1n) is 8.62. The predicted octanol–water partition coefficient (Wildman–Crippen LogP) is 5.68. The second-order valence-corrected chi connectivity index (χ2v) is 6.70. The Hall–Kier alpha value is -1.02. The highest BCUT2D eigenvalue weighted by Gasteiger charge is 2.25. The number of carbonyl (C=O) groups is 1. The molecule has 0 bridgehead atoms. The average Bonchev–Trinajstić information content (AvgIpc) is 2.55. The maximum Gasteiger partial charge on any atom is 0.224 e. The summed E-state index contributed by atoms with van der Waals surface area (Å²) in [6.07, 6.45) is 8.87. The lowest BCUT2D eigenvalue weighted by Crippen LogP contribution is -2.17. The van der Waals surface area contributed by atoms with Crippen LogP contribution in [0.15, 0.2) is 24.3 Å². The molecular weight excluding hydrogens is 296 g/mol. The van der Waals surface area contributed by atoms with Crippen molar-refractivity contribution in [3.8, 4) is 5.75 Å². The fraction of sp³-hybridized carbons (Fsp3) is 0.632. The molecule has 0 aromatic heterocycles. The molecule has 0 heterocycles. The van der Waals surface area contributed by atoms with Crippen LogP contribution in [0.2, 0.25) is 0 Å². The molecule has 122 valence electrons. The zero-order valence-electron chi connectivity index (χ0n) is 13.5. The summed E-state index contributed by atoms with van der Waals surface area (Å²) in [6, 6.07) is 8.51. The van der Waals surface area contributed by atoms with Gasteiger partial charge in [0.2, 0.25) is 5.24 Å². The molecule has 22 heavy (non-hydrogen) atoms. The van der Waals surface area contributed by atoms with E-state index in [0.717, 1.165) is 44.5 Å². The number of benzene rings is 1. The molecule has 1 aliphatic rings. The number of unbranched alkanes of at least 4 members (excludes halogenated alkanes) is 3. The smallest absolute Gasteiger partial charge is 0.224 e. The van der Waals surface area contributed by atoms with Crippen LogP contribution in [0.4, 0.5) is 0 Å². The van der Waals surface area contributed by atoms with Crippen LogP contribution >= 0.6 is 11.6 Å². The number of carbonyl (C=O) groups excluding carboxylic acids is 1. The van der Waals surface area contributed by atoms with Gasteiger partial charge in [0, 0.05) is 5.92 Å². The van der Waals surface area contributed by atoms with Gasteiger partial charge >= 0.3 is 0 Å². The molecule has 0 N–H and O–H groups in total. The van der Waals surface area contributed by atoms with Gasteiger partial charge in [-0.1, -0.05) is 38.3 Å². The molecule has 1 saturated carbocycles. The molecule has 0 aliphatic heterocycles. The second-order valence-electron chi connectivity index (χ2n) is 6.33. The fourth-order valence-corrected chi connectivity index (χ4v) is 3.43. The van der Waals surface area contributed by atoms with E-state index in [4.69, 9.17) is 16.3 Å². The Morgan fingerprint density at radius 3 is 2.36 bits per heavy atom. The van der Waals surface area contributed by atoms with Crippen LogP contribution in [-0.4, -0.2) is 11.8 Å². The molecule has 0 amide bonds. The van der Waals surface area contributed by atoms with Gasteiger partial charge in [0.05, 0.1) is 6.61 Å². The van der Waals surface area contributed by atoms with Crippen LogP contribution in [0.3, 0.4) is 0 Å². The maximum atomic E-state index is 11.2. The zero-order chi connectivity index (χ0) is 15.8. The number of halogens is 1. The Kier molecular flexibility index (Phi) is 7.24. The van der Waals surface area contributed by atoms with E-state index in [1.807, 2.05) is 0 Å². The van der Waals surface area contributed by atoms with E-state index in [-0.39, 0.29) is 11.2 Å². The number of hydrogen-bond donors (Lipinski definition) is 0. The first-order valence-corrected chi connectivity index (χ1v) is 9.00. The van der Waals surface area contributed by atoms with Crippen molar-refractivity contribution < 1.29 is 9.53 Å². The maximum absolute atomic E-state index is 11.2. The van der Waals surface area contributed by atoms with Crippen LogP contribution in [0, 0.1) is 5.92 Å². The Labute approximate surface area is 139 Å². The van der Waals surface area contributed by atoms with Crippen molar-refractivity contribution in [3.63, 3.8) is 0 Å². The van der Waals surface area contributed by atoms with Gasteiger partial charge in [-0.2, -0.15) is 0 Å². The summed E-state index contributed by atoms with van der Waals surface area (Å²) >= 11 is 5.60. The van der Waals surface area contributed by atoms with Gasteiger partial charge in [-0.05, 0) is 67.3 Å². The van der Waals surface area contributed by atoms with Crippen LogP contribution in [0.1, 0.15) is 69.8 Å². The van der Waals surface area contributed by atoms with Crippen LogP contribution < -0.4 is 4.74 Å². The molecule has 3 heteroatoms. The number of rotatable bonds is 8. The Morgan fingerprint density at radius 1 is 1.09 bits per heavy atom. The van der Waals surface area contributed by atoms with E-state index in [9.17, 15) is 4.79 Å². The van der Waals surface area contributed by atoms with Crippen molar-refractivity contribution in [2.75, 3.05) is 6.61 Å². The van der Waals surface area contributed by atoms with Crippen LogP contribution in [0.5, 0.6) is 5.75 Å². The SMILES string of the molecule is CCCCCCOc1ccc(C2CCC(C(=O)Cl)CC2)cc1. The van der Waals surface area contributed by atoms with Crippen LogP contribution in [-0.2, 0) is 4.79 Å².